The molecule has 3 aliphatic carbocycles. The molecule has 0 saturated heterocycles. The lowest BCUT2D eigenvalue weighted by Crippen LogP contribution is -2.52. The van der Waals surface area contributed by atoms with Crippen LogP contribution in [-0.2, 0) is 9.53 Å². The zero-order valence-corrected chi connectivity index (χ0v) is 17.9. The smallest absolute Gasteiger partial charge is 0.311 e. The van der Waals surface area contributed by atoms with Gasteiger partial charge in [-0.05, 0) is 66.4 Å². The number of esters is 1. The predicted octanol–water partition coefficient (Wildman–Crippen LogP) is 4.45. The molecule has 2 atom stereocenters. The highest BCUT2D eigenvalue weighted by atomic mass is 79.9. The fourth-order valence-electron chi connectivity index (χ4n) is 4.99. The maximum atomic E-state index is 13.3. The molecule has 5 rings (SSSR count). The lowest BCUT2D eigenvalue weighted by atomic mass is 9.61. The van der Waals surface area contributed by atoms with Crippen LogP contribution in [0.5, 0.6) is 0 Å². The van der Waals surface area contributed by atoms with Gasteiger partial charge >= 0.3 is 5.97 Å². The number of anilines is 1. The van der Waals surface area contributed by atoms with E-state index in [0.717, 1.165) is 25.7 Å². The number of carbonyl (C=O) groups is 1. The van der Waals surface area contributed by atoms with Crippen molar-refractivity contribution >= 4 is 38.8 Å². The number of halogens is 3. The Hall–Kier alpha value is -1.77. The summed E-state index contributed by atoms with van der Waals surface area (Å²) in [5, 5.41) is 4.18. The second-order valence-corrected chi connectivity index (χ2v) is 8.60. The maximum absolute atomic E-state index is 13.3. The molecule has 3 aliphatic rings. The molecule has 2 bridgehead atoms. The van der Waals surface area contributed by atoms with Crippen LogP contribution in [0.2, 0.25) is 0 Å². The molecule has 29 heavy (non-hydrogen) atoms. The molecule has 3 fully saturated rings. The van der Waals surface area contributed by atoms with Crippen LogP contribution in [-0.4, -0.2) is 46.5 Å². The monoisotopic (exact) mass is 470 g/mol. The number of fused-ring (bicyclic) bond motifs is 4. The van der Waals surface area contributed by atoms with Crippen LogP contribution in [0.15, 0.2) is 17.0 Å². The van der Waals surface area contributed by atoms with Gasteiger partial charge in [0.05, 0.1) is 24.0 Å². The summed E-state index contributed by atoms with van der Waals surface area (Å²) >= 11 is 3.32. The average molecular weight is 471 g/mol. The minimum Gasteiger partial charge on any atom is -0.466 e. The van der Waals surface area contributed by atoms with E-state index in [1.54, 1.807) is 12.3 Å². The fourth-order valence-corrected chi connectivity index (χ4v) is 5.34. The van der Waals surface area contributed by atoms with Crippen molar-refractivity contribution in [3.8, 4) is 0 Å². The van der Waals surface area contributed by atoms with Crippen molar-refractivity contribution in [1.29, 1.82) is 0 Å². The molecule has 0 aliphatic heterocycles. The number of alkyl halides is 2. The molecule has 0 spiro atoms. The number of aromatic nitrogens is 3. The zero-order valence-electron chi connectivity index (χ0n) is 16.3. The van der Waals surface area contributed by atoms with Gasteiger partial charge in [0.15, 0.2) is 0 Å². The van der Waals surface area contributed by atoms with Crippen molar-refractivity contribution in [2.24, 2.45) is 17.8 Å². The van der Waals surface area contributed by atoms with Crippen LogP contribution in [0.25, 0.3) is 11.0 Å². The zero-order chi connectivity index (χ0) is 20.5. The van der Waals surface area contributed by atoms with Crippen LogP contribution in [0.4, 0.5) is 14.6 Å². The Balaban J connectivity index is 1.70. The third kappa shape index (κ3) is 3.73. The minimum absolute atomic E-state index is 0.0759. The van der Waals surface area contributed by atoms with Crippen LogP contribution in [0, 0.1) is 17.8 Å². The van der Waals surface area contributed by atoms with Gasteiger partial charge in [-0.3, -0.25) is 4.79 Å². The van der Waals surface area contributed by atoms with Gasteiger partial charge < -0.3 is 14.6 Å². The molecule has 0 unspecified atom stereocenters. The van der Waals surface area contributed by atoms with Gasteiger partial charge in [0.2, 0.25) is 4.73 Å². The number of carbonyl (C=O) groups excluding carboxylic acids is 1. The first-order valence-electron chi connectivity index (χ1n) is 10.2. The third-order valence-electron chi connectivity index (χ3n) is 6.38. The number of rotatable bonds is 7. The first kappa shape index (κ1) is 20.5. The highest BCUT2D eigenvalue weighted by Crippen LogP contribution is 2.47. The molecule has 9 heteroatoms. The van der Waals surface area contributed by atoms with E-state index in [9.17, 15) is 13.6 Å². The van der Waals surface area contributed by atoms with Crippen molar-refractivity contribution in [2.75, 3.05) is 25.3 Å². The van der Waals surface area contributed by atoms with Crippen molar-refractivity contribution in [3.63, 3.8) is 0 Å². The van der Waals surface area contributed by atoms with Crippen molar-refractivity contribution in [1.82, 2.24) is 14.5 Å². The lowest BCUT2D eigenvalue weighted by Gasteiger charge is -2.47. The van der Waals surface area contributed by atoms with Gasteiger partial charge in [-0.1, -0.05) is 0 Å². The van der Waals surface area contributed by atoms with Gasteiger partial charge in [-0.25, -0.2) is 18.7 Å². The molecule has 6 nitrogen and oxygen atoms in total. The molecule has 158 valence electrons. The highest BCUT2D eigenvalue weighted by Gasteiger charge is 2.48. The molecular formula is C20H25BrF2N4O2. The molecule has 2 heterocycles. The summed E-state index contributed by atoms with van der Waals surface area (Å²) in [7, 11) is 0. The van der Waals surface area contributed by atoms with E-state index >= 15 is 0 Å². The summed E-state index contributed by atoms with van der Waals surface area (Å²) in [6.45, 7) is 0.546. The van der Waals surface area contributed by atoms with Crippen LogP contribution in [0.1, 0.15) is 38.6 Å². The van der Waals surface area contributed by atoms with Crippen LogP contribution < -0.4 is 5.32 Å². The van der Waals surface area contributed by atoms with Gasteiger partial charge in [-0.15, -0.1) is 0 Å². The van der Waals surface area contributed by atoms with Gasteiger partial charge in [-0.2, -0.15) is 0 Å². The minimum atomic E-state index is -0.917. The molecule has 0 aromatic carbocycles. The van der Waals surface area contributed by atoms with E-state index in [1.165, 1.54) is 4.57 Å². The maximum Gasteiger partial charge on any atom is 0.311 e. The first-order valence-corrected chi connectivity index (χ1v) is 11.0. The Morgan fingerprint density at radius 3 is 2.62 bits per heavy atom. The third-order valence-corrected chi connectivity index (χ3v) is 6.73. The molecule has 2 aromatic heterocycles. The van der Waals surface area contributed by atoms with Gasteiger partial charge in [0.1, 0.15) is 24.8 Å². The summed E-state index contributed by atoms with van der Waals surface area (Å²) in [4.78, 5) is 21.5. The molecule has 0 radical (unpaired) electrons. The molecule has 1 N–H and O–H groups in total. The summed E-state index contributed by atoms with van der Waals surface area (Å²) < 4.78 is 33.7. The molecule has 3 saturated carbocycles. The molecule has 2 aromatic rings. The Labute approximate surface area is 176 Å². The van der Waals surface area contributed by atoms with Crippen LogP contribution in [0.3, 0.4) is 0 Å². The lowest BCUT2D eigenvalue weighted by molar-refractivity contribution is -0.154. The van der Waals surface area contributed by atoms with Gasteiger partial charge in [0.25, 0.3) is 0 Å². The van der Waals surface area contributed by atoms with Crippen LogP contribution >= 0.6 is 15.9 Å². The van der Waals surface area contributed by atoms with Crippen molar-refractivity contribution in [3.05, 3.63) is 17.0 Å². The Kier molecular flexibility index (Phi) is 6.03. The number of nitrogens with zero attached hydrogens (tertiary/aromatic N) is 3. The SMILES string of the molecule is CCOC(=O)[C@H]1C2CCC(CC2)[C@@H]1Nc1nc(Br)nc2c1ccn2C(CF)CF. The summed E-state index contributed by atoms with van der Waals surface area (Å²) in [5.74, 6) is 0.882. The topological polar surface area (TPSA) is 69.0 Å². The predicted molar refractivity (Wildman–Crippen MR) is 109 cm³/mol. The van der Waals surface area contributed by atoms with Gasteiger partial charge in [0, 0.05) is 12.2 Å². The number of hydrogen-bond donors (Lipinski definition) is 1. The quantitative estimate of drug-likeness (QED) is 0.477. The Morgan fingerprint density at radius 1 is 1.28 bits per heavy atom. The summed E-state index contributed by atoms with van der Waals surface area (Å²) in [6, 6.07) is 0.774. The largest absolute Gasteiger partial charge is 0.466 e. The normalized spacial score (nSPS) is 26.2. The van der Waals surface area contributed by atoms with Crippen molar-refractivity contribution < 1.29 is 18.3 Å². The second kappa shape index (κ2) is 8.53. The first-order chi connectivity index (χ1) is 14.1. The molecule has 0 amide bonds. The van der Waals surface area contributed by atoms with E-state index in [-0.39, 0.29) is 17.9 Å². The summed E-state index contributed by atoms with van der Waals surface area (Å²) in [6.07, 6.45) is 5.86. The number of hydrogen-bond acceptors (Lipinski definition) is 5. The molecular weight excluding hydrogens is 446 g/mol. The fraction of sp³-hybridized carbons (Fsp3) is 0.650. The summed E-state index contributed by atoms with van der Waals surface area (Å²) in [5.41, 5.74) is 0.461. The van der Waals surface area contributed by atoms with E-state index in [2.05, 4.69) is 31.2 Å². The van der Waals surface area contributed by atoms with E-state index in [4.69, 9.17) is 4.74 Å². The number of ether oxygens (including phenoxy) is 1. The average Bonchev–Trinajstić information content (AvgIpc) is 3.14. The van der Waals surface area contributed by atoms with Crippen molar-refractivity contribution in [2.45, 2.75) is 44.7 Å². The Bertz CT molecular complexity index is 881. The second-order valence-electron chi connectivity index (χ2n) is 7.89. The number of nitrogens with one attached hydrogen (secondary N) is 1. The van der Waals surface area contributed by atoms with E-state index in [1.807, 2.05) is 6.92 Å². The van der Waals surface area contributed by atoms with E-state index < -0.39 is 19.4 Å². The Morgan fingerprint density at radius 2 is 1.97 bits per heavy atom. The highest BCUT2D eigenvalue weighted by molar-refractivity contribution is 9.10. The standard InChI is InChI=1S/C20H25BrF2N4O2/c1-2-29-19(28)15-11-3-5-12(6-4-11)16(15)24-17-14-7-8-27(13(9-22)10-23)18(14)26-20(21)25-17/h7-8,11-13,15-16H,2-6,9-10H2,1H3,(H,24,25,26)/t11?,12?,15-,16-/m0/s1. The van der Waals surface area contributed by atoms with E-state index in [0.29, 0.717) is 40.0 Å².